The van der Waals surface area contributed by atoms with Gasteiger partial charge in [-0.05, 0) is 24.6 Å². The Kier molecular flexibility index (Phi) is 2.63. The third kappa shape index (κ3) is 2.03. The van der Waals surface area contributed by atoms with E-state index in [1.165, 1.54) is 13.0 Å². The summed E-state index contributed by atoms with van der Waals surface area (Å²) in [5, 5.41) is 17.8. The molecule has 0 amide bonds. The maximum atomic E-state index is 12.6. The fourth-order valence-electron chi connectivity index (χ4n) is 1.08. The number of benzene rings is 1. The highest BCUT2D eigenvalue weighted by atomic mass is 19.1. The second-order valence-electron chi connectivity index (χ2n) is 2.71. The number of halogens is 1. The first-order valence-corrected chi connectivity index (χ1v) is 3.73. The number of aromatic carboxylic acids is 1. The normalized spacial score (nSPS) is 12.5. The molecular formula is C9H9FO3. The highest BCUT2D eigenvalue weighted by molar-refractivity contribution is 5.89. The van der Waals surface area contributed by atoms with Gasteiger partial charge in [-0.1, -0.05) is 6.07 Å². The van der Waals surface area contributed by atoms with Crippen LogP contribution in [-0.4, -0.2) is 16.2 Å². The van der Waals surface area contributed by atoms with Crippen LogP contribution in [0.15, 0.2) is 18.2 Å². The molecule has 1 atom stereocenters. The van der Waals surface area contributed by atoms with Crippen molar-refractivity contribution in [3.05, 3.63) is 35.1 Å². The lowest BCUT2D eigenvalue weighted by atomic mass is 10.0. The lowest BCUT2D eigenvalue weighted by Crippen LogP contribution is -2.05. The first-order chi connectivity index (χ1) is 6.02. The van der Waals surface area contributed by atoms with Crippen LogP contribution in [0.4, 0.5) is 4.39 Å². The molecule has 1 aromatic rings. The van der Waals surface area contributed by atoms with Crippen molar-refractivity contribution in [2.24, 2.45) is 0 Å². The van der Waals surface area contributed by atoms with Crippen molar-refractivity contribution in [1.29, 1.82) is 0 Å². The Bertz CT molecular complexity index is 334. The van der Waals surface area contributed by atoms with E-state index in [4.69, 9.17) is 10.2 Å². The minimum Gasteiger partial charge on any atom is -0.478 e. The molecule has 2 N–H and O–H groups in total. The molecule has 0 fully saturated rings. The zero-order valence-corrected chi connectivity index (χ0v) is 6.99. The van der Waals surface area contributed by atoms with Gasteiger partial charge in [0.05, 0.1) is 11.7 Å². The van der Waals surface area contributed by atoms with Crippen LogP contribution in [0.3, 0.4) is 0 Å². The molecule has 0 saturated heterocycles. The SMILES string of the molecule is CC(O)c1ccc(F)cc1C(=O)O. The number of hydrogen-bond acceptors (Lipinski definition) is 2. The monoisotopic (exact) mass is 184 g/mol. The Labute approximate surface area is 74.4 Å². The summed E-state index contributed by atoms with van der Waals surface area (Å²) in [5.74, 6) is -1.86. The highest BCUT2D eigenvalue weighted by Crippen LogP contribution is 2.18. The predicted molar refractivity (Wildman–Crippen MR) is 44.0 cm³/mol. The topological polar surface area (TPSA) is 57.5 Å². The van der Waals surface area contributed by atoms with Crippen LogP contribution in [-0.2, 0) is 0 Å². The quantitative estimate of drug-likeness (QED) is 0.733. The molecule has 0 aliphatic rings. The van der Waals surface area contributed by atoms with E-state index in [-0.39, 0.29) is 11.1 Å². The largest absolute Gasteiger partial charge is 0.478 e. The number of rotatable bonds is 2. The molecule has 13 heavy (non-hydrogen) atoms. The van der Waals surface area contributed by atoms with Crippen LogP contribution in [0.25, 0.3) is 0 Å². The van der Waals surface area contributed by atoms with Crippen LogP contribution in [0, 0.1) is 5.82 Å². The summed E-state index contributed by atoms with van der Waals surface area (Å²) in [4.78, 5) is 10.6. The first-order valence-electron chi connectivity index (χ1n) is 3.73. The molecule has 4 heteroatoms. The minimum atomic E-state index is -1.24. The number of carboxylic acids is 1. The van der Waals surface area contributed by atoms with Crippen LogP contribution in [0.1, 0.15) is 28.9 Å². The summed E-state index contributed by atoms with van der Waals surface area (Å²) < 4.78 is 12.6. The molecule has 0 aromatic heterocycles. The molecule has 0 aliphatic heterocycles. The van der Waals surface area contributed by atoms with Gasteiger partial charge in [-0.15, -0.1) is 0 Å². The summed E-state index contributed by atoms with van der Waals surface area (Å²) in [6, 6.07) is 3.28. The van der Waals surface area contributed by atoms with Gasteiger partial charge in [-0.2, -0.15) is 0 Å². The van der Waals surface area contributed by atoms with Crippen molar-refractivity contribution in [2.45, 2.75) is 13.0 Å². The average molecular weight is 184 g/mol. The summed E-state index contributed by atoms with van der Waals surface area (Å²) in [6.07, 6.45) is -0.910. The number of aliphatic hydroxyl groups is 1. The summed E-state index contributed by atoms with van der Waals surface area (Å²) in [6.45, 7) is 1.43. The first kappa shape index (κ1) is 9.67. The van der Waals surface area contributed by atoms with Gasteiger partial charge in [-0.25, -0.2) is 9.18 Å². The maximum Gasteiger partial charge on any atom is 0.336 e. The molecule has 0 bridgehead atoms. The van der Waals surface area contributed by atoms with Crippen LogP contribution >= 0.6 is 0 Å². The van der Waals surface area contributed by atoms with Crippen LogP contribution < -0.4 is 0 Å². The van der Waals surface area contributed by atoms with E-state index in [9.17, 15) is 9.18 Å². The van der Waals surface area contributed by atoms with E-state index in [0.29, 0.717) is 0 Å². The second-order valence-corrected chi connectivity index (χ2v) is 2.71. The Morgan fingerprint density at radius 1 is 1.54 bits per heavy atom. The van der Waals surface area contributed by atoms with Gasteiger partial charge in [0, 0.05) is 0 Å². The molecule has 1 rings (SSSR count). The molecule has 0 spiro atoms. The number of aliphatic hydroxyl groups excluding tert-OH is 1. The molecule has 0 saturated carbocycles. The second kappa shape index (κ2) is 3.53. The molecule has 1 aromatic carbocycles. The lowest BCUT2D eigenvalue weighted by molar-refractivity contribution is 0.0689. The Morgan fingerprint density at radius 3 is 2.62 bits per heavy atom. The van der Waals surface area contributed by atoms with E-state index in [1.807, 2.05) is 0 Å². The standard InChI is InChI=1S/C9H9FO3/c1-5(11)7-3-2-6(10)4-8(7)9(12)13/h2-5,11H,1H3,(H,12,13). The predicted octanol–water partition coefficient (Wildman–Crippen LogP) is 1.58. The molecule has 0 radical (unpaired) electrons. The average Bonchev–Trinajstić information content (AvgIpc) is 2.03. The molecule has 0 heterocycles. The van der Waals surface area contributed by atoms with Crippen LogP contribution in [0.2, 0.25) is 0 Å². The number of hydrogen-bond donors (Lipinski definition) is 2. The molecular weight excluding hydrogens is 175 g/mol. The Morgan fingerprint density at radius 2 is 2.15 bits per heavy atom. The fourth-order valence-corrected chi connectivity index (χ4v) is 1.08. The van der Waals surface area contributed by atoms with Gasteiger partial charge in [-0.3, -0.25) is 0 Å². The van der Waals surface area contributed by atoms with E-state index in [1.54, 1.807) is 0 Å². The third-order valence-corrected chi connectivity index (χ3v) is 1.70. The van der Waals surface area contributed by atoms with E-state index in [2.05, 4.69) is 0 Å². The maximum absolute atomic E-state index is 12.6. The third-order valence-electron chi connectivity index (χ3n) is 1.70. The van der Waals surface area contributed by atoms with Crippen molar-refractivity contribution in [2.75, 3.05) is 0 Å². The van der Waals surface area contributed by atoms with Crippen molar-refractivity contribution in [3.8, 4) is 0 Å². The van der Waals surface area contributed by atoms with E-state index >= 15 is 0 Å². The van der Waals surface area contributed by atoms with Gasteiger partial charge in [0.25, 0.3) is 0 Å². The molecule has 70 valence electrons. The van der Waals surface area contributed by atoms with Gasteiger partial charge >= 0.3 is 5.97 Å². The molecule has 1 unspecified atom stereocenters. The highest BCUT2D eigenvalue weighted by Gasteiger charge is 2.14. The molecule has 3 nitrogen and oxygen atoms in total. The van der Waals surface area contributed by atoms with Crippen molar-refractivity contribution in [1.82, 2.24) is 0 Å². The van der Waals surface area contributed by atoms with Gasteiger partial charge < -0.3 is 10.2 Å². The van der Waals surface area contributed by atoms with Crippen molar-refractivity contribution in [3.63, 3.8) is 0 Å². The van der Waals surface area contributed by atoms with E-state index < -0.39 is 17.9 Å². The van der Waals surface area contributed by atoms with Crippen molar-refractivity contribution >= 4 is 5.97 Å². The Balaban J connectivity index is 3.27. The lowest BCUT2D eigenvalue weighted by Gasteiger charge is -2.07. The van der Waals surface area contributed by atoms with Gasteiger partial charge in [0.2, 0.25) is 0 Å². The summed E-state index contributed by atoms with van der Waals surface area (Å²) in [7, 11) is 0. The van der Waals surface area contributed by atoms with Gasteiger partial charge in [0.15, 0.2) is 0 Å². The zero-order valence-electron chi connectivity index (χ0n) is 6.99. The number of carboxylic acid groups (broad SMARTS) is 1. The Hall–Kier alpha value is -1.42. The number of carbonyl (C=O) groups is 1. The zero-order chi connectivity index (χ0) is 10.0. The van der Waals surface area contributed by atoms with E-state index in [0.717, 1.165) is 12.1 Å². The summed E-state index contributed by atoms with van der Waals surface area (Å²) in [5.41, 5.74) is 0.0175. The minimum absolute atomic E-state index is 0.199. The summed E-state index contributed by atoms with van der Waals surface area (Å²) >= 11 is 0. The molecule has 0 aliphatic carbocycles. The van der Waals surface area contributed by atoms with Crippen molar-refractivity contribution < 1.29 is 19.4 Å². The van der Waals surface area contributed by atoms with Gasteiger partial charge in [0.1, 0.15) is 5.82 Å². The fraction of sp³-hybridized carbons (Fsp3) is 0.222. The van der Waals surface area contributed by atoms with Crippen LogP contribution in [0.5, 0.6) is 0 Å². The smallest absolute Gasteiger partial charge is 0.336 e.